The van der Waals surface area contributed by atoms with Crippen molar-refractivity contribution < 1.29 is 37.3 Å². The van der Waals surface area contributed by atoms with Gasteiger partial charge in [0, 0.05) is 12.7 Å². The van der Waals surface area contributed by atoms with Crippen LogP contribution >= 0.6 is 0 Å². The zero-order valence-corrected chi connectivity index (χ0v) is 16.8. The van der Waals surface area contributed by atoms with Crippen LogP contribution in [0.2, 0.25) is 0 Å². The largest absolute Gasteiger partial charge is 0.573 e. The molecule has 0 saturated carbocycles. The van der Waals surface area contributed by atoms with Crippen molar-refractivity contribution in [2.75, 3.05) is 11.4 Å². The first-order chi connectivity index (χ1) is 15.6. The number of carboxylic acids is 1. The van der Waals surface area contributed by atoms with E-state index in [0.717, 1.165) is 18.2 Å². The average Bonchev–Trinajstić information content (AvgIpc) is 3.07. The van der Waals surface area contributed by atoms with Gasteiger partial charge in [-0.2, -0.15) is 5.26 Å². The summed E-state index contributed by atoms with van der Waals surface area (Å²) in [5.74, 6) is -3.27. The molecule has 0 fully saturated rings. The smallest absolute Gasteiger partial charge is 0.478 e. The minimum Gasteiger partial charge on any atom is -0.478 e. The molecule has 0 amide bonds. The summed E-state index contributed by atoms with van der Waals surface area (Å²) in [5, 5.41) is 29.2. The van der Waals surface area contributed by atoms with Crippen LogP contribution < -0.4 is 9.64 Å². The second kappa shape index (κ2) is 8.26. The molecule has 2 atom stereocenters. The highest BCUT2D eigenvalue weighted by Gasteiger charge is 2.40. The highest BCUT2D eigenvalue weighted by atomic mass is 19.4. The van der Waals surface area contributed by atoms with Crippen LogP contribution in [0.4, 0.5) is 23.2 Å². The summed E-state index contributed by atoms with van der Waals surface area (Å²) >= 11 is 0. The van der Waals surface area contributed by atoms with Crippen LogP contribution in [0.3, 0.4) is 0 Å². The summed E-state index contributed by atoms with van der Waals surface area (Å²) in [7, 11) is 0. The van der Waals surface area contributed by atoms with E-state index in [1.807, 2.05) is 6.07 Å². The van der Waals surface area contributed by atoms with Gasteiger partial charge in [-0.3, -0.25) is 0 Å². The van der Waals surface area contributed by atoms with Crippen molar-refractivity contribution in [2.24, 2.45) is 5.92 Å². The van der Waals surface area contributed by atoms with Crippen LogP contribution in [0.5, 0.6) is 5.75 Å². The van der Waals surface area contributed by atoms with Crippen molar-refractivity contribution in [3.8, 4) is 22.9 Å². The third kappa shape index (κ3) is 4.40. The van der Waals surface area contributed by atoms with E-state index < -0.39 is 35.9 Å². The molecule has 0 saturated heterocycles. The molecular formula is C23H16F4N2O4. The maximum atomic E-state index is 15.0. The summed E-state index contributed by atoms with van der Waals surface area (Å²) < 4.78 is 56.4. The number of nitriles is 1. The van der Waals surface area contributed by atoms with E-state index in [0.29, 0.717) is 5.57 Å². The number of halogens is 4. The normalized spacial score (nSPS) is 20.2. The molecule has 33 heavy (non-hydrogen) atoms. The first kappa shape index (κ1) is 22.4. The molecule has 1 aliphatic carbocycles. The number of carboxylic acid groups (broad SMARTS) is 1. The summed E-state index contributed by atoms with van der Waals surface area (Å²) in [6, 6.07) is 11.0. The fourth-order valence-corrected chi connectivity index (χ4v) is 4.13. The Balaban J connectivity index is 1.67. The second-order valence-electron chi connectivity index (χ2n) is 7.59. The van der Waals surface area contributed by atoms with Crippen LogP contribution in [-0.2, 0) is 4.79 Å². The quantitative estimate of drug-likeness (QED) is 0.658. The Hall–Kier alpha value is -3.84. The third-order valence-corrected chi connectivity index (χ3v) is 5.52. The Morgan fingerprint density at radius 3 is 2.55 bits per heavy atom. The number of anilines is 1. The molecule has 0 bridgehead atoms. The first-order valence-electron chi connectivity index (χ1n) is 9.76. The average molecular weight is 460 g/mol. The number of nitrogens with zero attached hydrogens (tertiary/aromatic N) is 2. The van der Waals surface area contributed by atoms with Crippen molar-refractivity contribution in [2.45, 2.75) is 18.9 Å². The Bertz CT molecular complexity index is 1230. The number of ether oxygens (including phenoxy) is 1. The van der Waals surface area contributed by atoms with Crippen LogP contribution in [0.1, 0.15) is 6.42 Å². The minimum atomic E-state index is -4.86. The molecule has 2 N–H and O–H groups in total. The molecule has 170 valence electrons. The summed E-state index contributed by atoms with van der Waals surface area (Å²) in [6.45, 7) is -0.00334. The van der Waals surface area contributed by atoms with Gasteiger partial charge >= 0.3 is 12.3 Å². The number of aliphatic hydroxyl groups excluding tert-OH is 1. The van der Waals surface area contributed by atoms with E-state index in [1.165, 1.54) is 35.4 Å². The highest BCUT2D eigenvalue weighted by molar-refractivity contribution is 5.94. The van der Waals surface area contributed by atoms with Crippen molar-refractivity contribution in [1.29, 1.82) is 5.26 Å². The zero-order chi connectivity index (χ0) is 23.9. The van der Waals surface area contributed by atoms with Gasteiger partial charge in [0.15, 0.2) is 0 Å². The van der Waals surface area contributed by atoms with E-state index in [-0.39, 0.29) is 40.9 Å². The number of carbonyl (C=O) groups is 1. The maximum absolute atomic E-state index is 15.0. The van der Waals surface area contributed by atoms with Gasteiger partial charge in [0.25, 0.3) is 0 Å². The molecule has 10 heteroatoms. The van der Waals surface area contributed by atoms with Gasteiger partial charge in [-0.05, 0) is 53.0 Å². The maximum Gasteiger partial charge on any atom is 0.573 e. The Labute approximate surface area is 185 Å². The Morgan fingerprint density at radius 2 is 1.91 bits per heavy atom. The van der Waals surface area contributed by atoms with Gasteiger partial charge < -0.3 is 19.8 Å². The predicted molar refractivity (Wildman–Crippen MR) is 108 cm³/mol. The molecule has 2 unspecified atom stereocenters. The second-order valence-corrected chi connectivity index (χ2v) is 7.59. The number of benzene rings is 2. The number of alkyl halides is 3. The highest BCUT2D eigenvalue weighted by Crippen LogP contribution is 2.41. The molecule has 2 aromatic carbocycles. The fourth-order valence-electron chi connectivity index (χ4n) is 4.13. The predicted octanol–water partition coefficient (Wildman–Crippen LogP) is 4.38. The van der Waals surface area contributed by atoms with Gasteiger partial charge in [0.2, 0.25) is 0 Å². The Kier molecular flexibility index (Phi) is 5.59. The number of hydrogen-bond donors (Lipinski definition) is 2. The van der Waals surface area contributed by atoms with Gasteiger partial charge in [0.1, 0.15) is 11.6 Å². The molecule has 4 rings (SSSR count). The lowest BCUT2D eigenvalue weighted by Crippen LogP contribution is -2.30. The van der Waals surface area contributed by atoms with Crippen LogP contribution in [-0.4, -0.2) is 35.2 Å². The third-order valence-electron chi connectivity index (χ3n) is 5.52. The molecule has 2 aromatic rings. The van der Waals surface area contributed by atoms with Crippen molar-refractivity contribution in [1.82, 2.24) is 0 Å². The molecule has 1 aliphatic heterocycles. The molecule has 6 nitrogen and oxygen atoms in total. The Morgan fingerprint density at radius 1 is 1.18 bits per heavy atom. The molecule has 2 aliphatic rings. The van der Waals surface area contributed by atoms with E-state index in [1.54, 1.807) is 0 Å². The summed E-state index contributed by atoms with van der Waals surface area (Å²) in [6.07, 6.45) is -4.59. The number of aliphatic hydroxyl groups is 1. The lowest BCUT2D eigenvalue weighted by Gasteiger charge is -2.29. The van der Waals surface area contributed by atoms with E-state index in [2.05, 4.69) is 4.74 Å². The van der Waals surface area contributed by atoms with E-state index in [4.69, 9.17) is 0 Å². The lowest BCUT2D eigenvalue weighted by atomic mass is 9.92. The van der Waals surface area contributed by atoms with Gasteiger partial charge in [0.05, 0.1) is 29.4 Å². The monoisotopic (exact) mass is 460 g/mol. The van der Waals surface area contributed by atoms with Crippen molar-refractivity contribution >= 4 is 11.7 Å². The zero-order valence-electron chi connectivity index (χ0n) is 16.8. The standard InChI is InChI=1S/C23H16F4N2O4/c24-18-7-13(12-2-1-3-15(6-12)33-23(25,26)27)4-5-19(18)29-10-16-20(30)8-14(9-28)21(16)17(11-29)22(31)32/h1-7,11,14,20,30H,8,10H2,(H,31,32). The van der Waals surface area contributed by atoms with E-state index in [9.17, 15) is 33.4 Å². The van der Waals surface area contributed by atoms with Gasteiger partial charge in [-0.1, -0.05) is 18.2 Å². The molecule has 1 heterocycles. The fraction of sp³-hybridized carbons (Fsp3) is 0.217. The number of rotatable bonds is 4. The van der Waals surface area contributed by atoms with Crippen LogP contribution in [0.25, 0.3) is 11.1 Å². The van der Waals surface area contributed by atoms with Crippen molar-refractivity contribution in [3.05, 3.63) is 71.2 Å². The lowest BCUT2D eigenvalue weighted by molar-refractivity contribution is -0.274. The molecule has 0 aromatic heterocycles. The summed E-state index contributed by atoms with van der Waals surface area (Å²) in [4.78, 5) is 13.1. The number of hydrogen-bond acceptors (Lipinski definition) is 5. The minimum absolute atomic E-state index is 0.00334. The van der Waals surface area contributed by atoms with Crippen LogP contribution in [0.15, 0.2) is 65.4 Å². The first-order valence-corrected chi connectivity index (χ1v) is 9.76. The van der Waals surface area contributed by atoms with E-state index >= 15 is 4.39 Å². The topological polar surface area (TPSA) is 93.8 Å². The summed E-state index contributed by atoms with van der Waals surface area (Å²) in [5.41, 5.74) is 0.998. The SMILES string of the molecule is N#CC1CC(O)C2=C1C(C(=O)O)=CN(c1ccc(-c3cccc(OC(F)(F)F)c3)cc1F)C2. The molecular weight excluding hydrogens is 444 g/mol. The molecule has 0 spiro atoms. The van der Waals surface area contributed by atoms with Crippen molar-refractivity contribution in [3.63, 3.8) is 0 Å². The van der Waals surface area contributed by atoms with Gasteiger partial charge in [-0.15, -0.1) is 13.2 Å². The molecule has 0 radical (unpaired) electrons. The number of aliphatic carboxylic acids is 1. The van der Waals surface area contributed by atoms with Crippen LogP contribution in [0, 0.1) is 23.1 Å². The van der Waals surface area contributed by atoms with Gasteiger partial charge in [-0.25, -0.2) is 9.18 Å².